The number of carbonyl (C=O) groups is 1. The number of hydrogen-bond donors (Lipinski definition) is 0. The van der Waals surface area contributed by atoms with E-state index in [1.807, 2.05) is 36.4 Å². The maximum atomic E-state index is 12.7. The summed E-state index contributed by atoms with van der Waals surface area (Å²) in [4.78, 5) is 12.7. The van der Waals surface area contributed by atoms with Gasteiger partial charge in [-0.05, 0) is 46.4 Å². The van der Waals surface area contributed by atoms with Crippen molar-refractivity contribution in [3.63, 3.8) is 0 Å². The number of ketones is 1. The summed E-state index contributed by atoms with van der Waals surface area (Å²) in [6, 6.07) is 24.3. The second-order valence-corrected chi connectivity index (χ2v) is 7.16. The van der Waals surface area contributed by atoms with Crippen molar-refractivity contribution in [2.75, 3.05) is 0 Å². The molecule has 0 aliphatic heterocycles. The number of fused-ring (bicyclic) bond motifs is 1. The SMILES string of the molecule is O=C(Cc1ccccc1C1=CCc2ccccc21)c1ccc(Br)cc1. The molecule has 1 nitrogen and oxygen atoms in total. The Morgan fingerprint density at radius 2 is 1.52 bits per heavy atom. The molecule has 122 valence electrons. The Balaban J connectivity index is 1.67. The van der Waals surface area contributed by atoms with Crippen LogP contribution in [0.25, 0.3) is 5.57 Å². The third-order valence-corrected chi connectivity index (χ3v) is 5.19. The van der Waals surface area contributed by atoms with Gasteiger partial charge in [-0.2, -0.15) is 0 Å². The van der Waals surface area contributed by atoms with E-state index in [1.54, 1.807) is 0 Å². The van der Waals surface area contributed by atoms with E-state index in [0.717, 1.165) is 27.6 Å². The highest BCUT2D eigenvalue weighted by atomic mass is 79.9. The zero-order chi connectivity index (χ0) is 17.2. The molecule has 0 saturated heterocycles. The van der Waals surface area contributed by atoms with E-state index in [0.29, 0.717) is 6.42 Å². The highest BCUT2D eigenvalue weighted by Gasteiger charge is 2.18. The van der Waals surface area contributed by atoms with Gasteiger partial charge in [-0.15, -0.1) is 0 Å². The van der Waals surface area contributed by atoms with Crippen LogP contribution in [0.1, 0.15) is 32.6 Å². The lowest BCUT2D eigenvalue weighted by Crippen LogP contribution is -2.05. The summed E-state index contributed by atoms with van der Waals surface area (Å²) in [5.41, 5.74) is 6.88. The fourth-order valence-electron chi connectivity index (χ4n) is 3.39. The second-order valence-electron chi connectivity index (χ2n) is 6.24. The first-order valence-corrected chi connectivity index (χ1v) is 9.17. The summed E-state index contributed by atoms with van der Waals surface area (Å²) in [6.45, 7) is 0. The van der Waals surface area contributed by atoms with Crippen LogP contribution in [0.2, 0.25) is 0 Å². The maximum absolute atomic E-state index is 12.7. The van der Waals surface area contributed by atoms with Crippen LogP contribution in [0, 0.1) is 0 Å². The summed E-state index contributed by atoms with van der Waals surface area (Å²) in [5, 5.41) is 0. The molecule has 0 atom stereocenters. The Hall–Kier alpha value is -2.45. The molecule has 1 aliphatic carbocycles. The van der Waals surface area contributed by atoms with Crippen molar-refractivity contribution in [3.05, 3.63) is 111 Å². The van der Waals surface area contributed by atoms with E-state index in [1.165, 1.54) is 16.7 Å². The number of carbonyl (C=O) groups excluding carboxylic acids is 1. The molecule has 25 heavy (non-hydrogen) atoms. The number of rotatable bonds is 4. The van der Waals surface area contributed by atoms with Crippen LogP contribution in [0.4, 0.5) is 0 Å². The average Bonchev–Trinajstić information content (AvgIpc) is 3.07. The van der Waals surface area contributed by atoms with Crippen LogP contribution in [-0.2, 0) is 12.8 Å². The zero-order valence-corrected chi connectivity index (χ0v) is 15.3. The topological polar surface area (TPSA) is 17.1 Å². The third kappa shape index (κ3) is 3.22. The minimum absolute atomic E-state index is 0.145. The Kier molecular flexibility index (Phi) is 4.37. The van der Waals surface area contributed by atoms with E-state index in [4.69, 9.17) is 0 Å². The highest BCUT2D eigenvalue weighted by Crippen LogP contribution is 2.34. The smallest absolute Gasteiger partial charge is 0.167 e. The average molecular weight is 389 g/mol. The predicted molar refractivity (Wildman–Crippen MR) is 106 cm³/mol. The Morgan fingerprint density at radius 1 is 0.840 bits per heavy atom. The van der Waals surface area contributed by atoms with Crippen molar-refractivity contribution < 1.29 is 4.79 Å². The molecule has 3 aromatic rings. The summed E-state index contributed by atoms with van der Waals surface area (Å²) < 4.78 is 0.983. The van der Waals surface area contributed by atoms with Crippen LogP contribution in [-0.4, -0.2) is 5.78 Å². The molecular formula is C23H17BrO. The summed E-state index contributed by atoms with van der Waals surface area (Å²) in [7, 11) is 0. The van der Waals surface area contributed by atoms with E-state index in [2.05, 4.69) is 58.4 Å². The standard InChI is InChI=1S/C23H17BrO/c24-19-12-9-17(10-13-19)23(25)15-18-6-2-4-8-21(18)22-14-11-16-5-1-3-7-20(16)22/h1-10,12-14H,11,15H2. The molecular weight excluding hydrogens is 372 g/mol. The van der Waals surface area contributed by atoms with Gasteiger partial charge in [-0.1, -0.05) is 82.7 Å². The highest BCUT2D eigenvalue weighted by molar-refractivity contribution is 9.10. The zero-order valence-electron chi connectivity index (χ0n) is 13.7. The van der Waals surface area contributed by atoms with Gasteiger partial charge in [0, 0.05) is 16.5 Å². The molecule has 1 aliphatic rings. The van der Waals surface area contributed by atoms with Gasteiger partial charge < -0.3 is 0 Å². The van der Waals surface area contributed by atoms with E-state index >= 15 is 0 Å². The number of Topliss-reactive ketones (excluding diaryl/α,β-unsaturated/α-hetero) is 1. The molecule has 3 aromatic carbocycles. The van der Waals surface area contributed by atoms with Crippen LogP contribution < -0.4 is 0 Å². The quantitative estimate of drug-likeness (QED) is 0.511. The minimum atomic E-state index is 0.145. The first-order chi connectivity index (χ1) is 12.2. The number of halogens is 1. The molecule has 0 N–H and O–H groups in total. The first kappa shape index (κ1) is 16.0. The minimum Gasteiger partial charge on any atom is -0.294 e. The van der Waals surface area contributed by atoms with Gasteiger partial charge in [-0.25, -0.2) is 0 Å². The lowest BCUT2D eigenvalue weighted by Gasteiger charge is -2.12. The van der Waals surface area contributed by atoms with Gasteiger partial charge in [-0.3, -0.25) is 4.79 Å². The lowest BCUT2D eigenvalue weighted by atomic mass is 9.92. The largest absolute Gasteiger partial charge is 0.294 e. The number of allylic oxidation sites excluding steroid dienone is 1. The molecule has 0 bridgehead atoms. The van der Waals surface area contributed by atoms with Crippen molar-refractivity contribution >= 4 is 27.3 Å². The molecule has 0 saturated carbocycles. The van der Waals surface area contributed by atoms with E-state index < -0.39 is 0 Å². The van der Waals surface area contributed by atoms with Gasteiger partial charge in [0.15, 0.2) is 5.78 Å². The predicted octanol–water partition coefficient (Wildman–Crippen LogP) is 5.86. The fraction of sp³-hybridized carbons (Fsp3) is 0.0870. The summed E-state index contributed by atoms with van der Waals surface area (Å²) in [5.74, 6) is 0.145. The molecule has 0 amide bonds. The van der Waals surface area contributed by atoms with Gasteiger partial charge in [0.25, 0.3) is 0 Å². The van der Waals surface area contributed by atoms with Gasteiger partial charge in [0.2, 0.25) is 0 Å². The van der Waals surface area contributed by atoms with E-state index in [9.17, 15) is 4.79 Å². The molecule has 0 heterocycles. The van der Waals surface area contributed by atoms with E-state index in [-0.39, 0.29) is 5.78 Å². The maximum Gasteiger partial charge on any atom is 0.167 e. The second kappa shape index (κ2) is 6.81. The van der Waals surface area contributed by atoms with Crippen molar-refractivity contribution in [3.8, 4) is 0 Å². The van der Waals surface area contributed by atoms with Crippen LogP contribution >= 0.6 is 15.9 Å². The Labute approximate surface area is 156 Å². The monoisotopic (exact) mass is 388 g/mol. The number of hydrogen-bond acceptors (Lipinski definition) is 1. The molecule has 0 fully saturated rings. The third-order valence-electron chi connectivity index (χ3n) is 4.66. The molecule has 2 heteroatoms. The summed E-state index contributed by atoms with van der Waals surface area (Å²) >= 11 is 3.41. The molecule has 0 spiro atoms. The molecule has 0 aromatic heterocycles. The summed E-state index contributed by atoms with van der Waals surface area (Å²) in [6.07, 6.45) is 3.64. The van der Waals surface area contributed by atoms with Crippen LogP contribution in [0.5, 0.6) is 0 Å². The normalized spacial score (nSPS) is 12.6. The van der Waals surface area contributed by atoms with Crippen LogP contribution in [0.15, 0.2) is 83.3 Å². The lowest BCUT2D eigenvalue weighted by molar-refractivity contribution is 0.0993. The number of benzene rings is 3. The van der Waals surface area contributed by atoms with Crippen molar-refractivity contribution in [2.45, 2.75) is 12.8 Å². The van der Waals surface area contributed by atoms with Gasteiger partial charge in [0.1, 0.15) is 0 Å². The Morgan fingerprint density at radius 3 is 2.32 bits per heavy atom. The van der Waals surface area contributed by atoms with Gasteiger partial charge >= 0.3 is 0 Å². The fourth-order valence-corrected chi connectivity index (χ4v) is 3.65. The van der Waals surface area contributed by atoms with Crippen LogP contribution in [0.3, 0.4) is 0 Å². The Bertz CT molecular complexity index is 967. The van der Waals surface area contributed by atoms with Crippen molar-refractivity contribution in [1.82, 2.24) is 0 Å². The first-order valence-electron chi connectivity index (χ1n) is 8.38. The molecule has 0 radical (unpaired) electrons. The van der Waals surface area contributed by atoms with Crippen molar-refractivity contribution in [1.29, 1.82) is 0 Å². The molecule has 0 unspecified atom stereocenters. The van der Waals surface area contributed by atoms with Gasteiger partial charge in [0.05, 0.1) is 0 Å². The van der Waals surface area contributed by atoms with Crippen molar-refractivity contribution in [2.24, 2.45) is 0 Å². The molecule has 4 rings (SSSR count).